The van der Waals surface area contributed by atoms with Crippen LogP contribution < -0.4 is 0 Å². The summed E-state index contributed by atoms with van der Waals surface area (Å²) >= 11 is 1.90. The topological polar surface area (TPSA) is 205 Å². The van der Waals surface area contributed by atoms with Gasteiger partial charge in [0.15, 0.2) is 21.9 Å². The van der Waals surface area contributed by atoms with Crippen LogP contribution in [0.15, 0.2) is 45.3 Å². The molecule has 5 heterocycles. The third-order valence-corrected chi connectivity index (χ3v) is 13.6. The number of rotatable bonds is 7. The summed E-state index contributed by atoms with van der Waals surface area (Å²) in [5, 5.41) is 32.3. The molecule has 0 aromatic carbocycles. The molecule has 5 rings (SSSR count). The van der Waals surface area contributed by atoms with Gasteiger partial charge in [-0.25, -0.2) is 4.99 Å². The number of alkyl halides is 1. The molecule has 2 aromatic rings. The van der Waals surface area contributed by atoms with Crippen molar-refractivity contribution < 1.29 is 52.9 Å². The lowest BCUT2D eigenvalue weighted by molar-refractivity contribution is -0.296. The summed E-state index contributed by atoms with van der Waals surface area (Å²) in [5.41, 5.74) is -0.647. The molecule has 3 saturated heterocycles. The minimum Gasteiger partial charge on any atom is -0.448 e. The number of ether oxygens (including phenoxy) is 4. The Balaban J connectivity index is 1.62. The quantitative estimate of drug-likeness (QED) is 0.121. The second-order valence-corrected chi connectivity index (χ2v) is 18.2. The third-order valence-electron chi connectivity index (χ3n) is 12.1. The summed E-state index contributed by atoms with van der Waals surface area (Å²) in [6.45, 7) is 13.7. The van der Waals surface area contributed by atoms with Gasteiger partial charge in [-0.15, -0.1) is 0 Å². The molecule has 0 spiro atoms. The predicted octanol–water partition coefficient (Wildman–Crippen LogP) is 5.17. The first-order chi connectivity index (χ1) is 27.7. The fourth-order valence-corrected chi connectivity index (χ4v) is 9.44. The Hall–Kier alpha value is -3.20. The zero-order valence-electron chi connectivity index (χ0n) is 35.7. The number of pyridine rings is 1. The van der Waals surface area contributed by atoms with Crippen LogP contribution in [0.1, 0.15) is 86.6 Å². The van der Waals surface area contributed by atoms with Crippen LogP contribution in [0, 0.1) is 29.6 Å². The minimum absolute atomic E-state index is 0.0709. The first-order valence-electron chi connectivity index (χ1n) is 20.3. The zero-order valence-corrected chi connectivity index (χ0v) is 37.8. The van der Waals surface area contributed by atoms with Gasteiger partial charge in [0.1, 0.15) is 29.9 Å². The number of aliphatic hydroxyl groups excluding tert-OH is 1. The molecule has 17 heteroatoms. The summed E-state index contributed by atoms with van der Waals surface area (Å²) in [4.78, 5) is 57.8. The number of cyclic esters (lactones) is 1. The van der Waals surface area contributed by atoms with Gasteiger partial charge in [-0.2, -0.15) is 0 Å². The summed E-state index contributed by atoms with van der Waals surface area (Å²) in [5.74, 6) is -5.01. The van der Waals surface area contributed by atoms with Crippen LogP contribution in [-0.4, -0.2) is 121 Å². The first kappa shape index (κ1) is 46.9. The van der Waals surface area contributed by atoms with Crippen molar-refractivity contribution in [2.45, 2.75) is 134 Å². The molecule has 0 aliphatic carbocycles. The number of aliphatic imine (C=N–C) groups is 1. The van der Waals surface area contributed by atoms with E-state index in [0.717, 1.165) is 5.56 Å². The molecule has 1 amide bonds. The van der Waals surface area contributed by atoms with E-state index in [1.165, 1.54) is 13.8 Å². The molecule has 59 heavy (non-hydrogen) atoms. The average Bonchev–Trinajstić information content (AvgIpc) is 3.72. The SMILES string of the molecule is CC(=O)N=C1[C@H](C)C[C@@]2(C)OC/C(=N/OCc3ccc(-c4ccno4)nc3)CC[C@H]([C@H]1C)[C@](C)(O)[C@@H](I)OC(=O)[C@H](C)C(=O)[C@H](C)[C@H]2O[C@@H]1O[C@H](C)C[C@H](N(C)C)[C@H]1O. The number of halogens is 1. The number of amides is 1. The van der Waals surface area contributed by atoms with Gasteiger partial charge in [0, 0.05) is 48.3 Å². The monoisotopic (exact) mass is 937 g/mol. The number of ketones is 1. The maximum absolute atomic E-state index is 14.4. The van der Waals surface area contributed by atoms with E-state index in [9.17, 15) is 24.6 Å². The second-order valence-electron chi connectivity index (χ2n) is 17.1. The Morgan fingerprint density at radius 2 is 1.83 bits per heavy atom. The van der Waals surface area contributed by atoms with E-state index in [2.05, 4.69) is 20.3 Å². The molecule has 0 saturated carbocycles. The Labute approximate surface area is 359 Å². The van der Waals surface area contributed by atoms with Crippen LogP contribution >= 0.6 is 22.6 Å². The van der Waals surface area contributed by atoms with Gasteiger partial charge in [-0.1, -0.05) is 37.1 Å². The highest BCUT2D eigenvalue weighted by molar-refractivity contribution is 14.1. The van der Waals surface area contributed by atoms with Crippen LogP contribution in [0.3, 0.4) is 0 Å². The van der Waals surface area contributed by atoms with Crippen molar-refractivity contribution in [3.8, 4) is 11.5 Å². The van der Waals surface area contributed by atoms with Gasteiger partial charge in [0.2, 0.25) is 5.91 Å². The van der Waals surface area contributed by atoms with Crippen LogP contribution in [0.2, 0.25) is 0 Å². The number of nitrogens with zero attached hydrogens (tertiary/aromatic N) is 5. The number of likely N-dealkylation sites (N-methyl/N-ethyl adjacent to an activating group) is 1. The van der Waals surface area contributed by atoms with Crippen molar-refractivity contribution in [2.24, 2.45) is 39.7 Å². The molecule has 326 valence electrons. The van der Waals surface area contributed by atoms with Crippen molar-refractivity contribution in [3.05, 3.63) is 36.2 Å². The molecular formula is C42H60IN5O11. The summed E-state index contributed by atoms with van der Waals surface area (Å²) in [7, 11) is 3.74. The predicted molar refractivity (Wildman–Crippen MR) is 225 cm³/mol. The Morgan fingerprint density at radius 3 is 2.46 bits per heavy atom. The molecule has 2 aromatic heterocycles. The van der Waals surface area contributed by atoms with Crippen molar-refractivity contribution in [1.82, 2.24) is 15.0 Å². The number of carbonyl (C=O) groups is 3. The number of hydrogen-bond acceptors (Lipinski definition) is 15. The van der Waals surface area contributed by atoms with Crippen LogP contribution in [-0.2, 0) is 44.8 Å². The molecule has 3 aliphatic heterocycles. The number of fused-ring (bicyclic) bond motifs is 5. The summed E-state index contributed by atoms with van der Waals surface area (Å²) in [6, 6.07) is 5.04. The highest BCUT2D eigenvalue weighted by Gasteiger charge is 2.52. The van der Waals surface area contributed by atoms with Gasteiger partial charge in [0.25, 0.3) is 0 Å². The Bertz CT molecular complexity index is 1820. The Morgan fingerprint density at radius 1 is 1.10 bits per heavy atom. The number of esters is 1. The van der Waals surface area contributed by atoms with E-state index in [-0.39, 0.29) is 38.2 Å². The number of aliphatic hydroxyl groups is 2. The number of aromatic nitrogens is 2. The smallest absolute Gasteiger partial charge is 0.317 e. The van der Waals surface area contributed by atoms with Crippen molar-refractivity contribution >= 4 is 51.7 Å². The standard InChI is InChI=1S/C42H60IN5O11/c1-22-18-41(7)37(57-39-36(51)32(48(9)10)17-23(2)56-39)25(4)35(50)26(5)38(52)58-40(43)42(8,53)30(24(3)34(22)46-27(6)49)13-12-29(21-54-41)47-55-20-28-11-14-31(44-19-28)33-15-16-45-59-33/h11,14-16,19,22-26,30,32,36-37,39-40,51,53H,12-13,17-18,20-21H2,1-10H3/b46-34?,47-29+/t22-,23-,24-,25+,26-,30-,32+,36-,37-,39+,40+,41-,42+/m1/s1. The van der Waals surface area contributed by atoms with Crippen molar-refractivity contribution in [2.75, 3.05) is 20.7 Å². The minimum atomic E-state index is -1.66. The third kappa shape index (κ3) is 11.0. The van der Waals surface area contributed by atoms with Crippen LogP contribution in [0.4, 0.5) is 0 Å². The number of Topliss-reactive ketones (excluding diaryl/α,β-unsaturated/α-hetero) is 1. The zero-order chi connectivity index (χ0) is 43.4. The van der Waals surface area contributed by atoms with Gasteiger partial charge in [-0.05, 0) is 108 Å². The molecule has 0 radical (unpaired) electrons. The van der Waals surface area contributed by atoms with Gasteiger partial charge < -0.3 is 43.4 Å². The van der Waals surface area contributed by atoms with Gasteiger partial charge in [0.05, 0.1) is 36.3 Å². The average molecular weight is 938 g/mol. The molecular weight excluding hydrogens is 877 g/mol. The molecule has 0 unspecified atom stereocenters. The fourth-order valence-electron chi connectivity index (χ4n) is 8.72. The Kier molecular flexibility index (Phi) is 15.6. The molecule has 2 N–H and O–H groups in total. The lowest BCUT2D eigenvalue weighted by atomic mass is 9.70. The lowest BCUT2D eigenvalue weighted by Gasteiger charge is -2.47. The summed E-state index contributed by atoms with van der Waals surface area (Å²) < 4.78 is 30.0. The number of oxime groups is 1. The van der Waals surface area contributed by atoms with Crippen molar-refractivity contribution in [1.29, 1.82) is 0 Å². The van der Waals surface area contributed by atoms with E-state index in [1.807, 2.05) is 75.3 Å². The van der Waals surface area contributed by atoms with E-state index >= 15 is 0 Å². The first-order valence-corrected chi connectivity index (χ1v) is 21.5. The molecule has 16 nitrogen and oxygen atoms in total. The molecule has 2 bridgehead atoms. The molecule has 13 atom stereocenters. The maximum atomic E-state index is 14.4. The number of carbonyl (C=O) groups excluding carboxylic acids is 3. The van der Waals surface area contributed by atoms with Crippen LogP contribution in [0.25, 0.3) is 11.5 Å². The number of hydrogen-bond donors (Lipinski definition) is 2. The lowest BCUT2D eigenvalue weighted by Crippen LogP contribution is -2.59. The van der Waals surface area contributed by atoms with Gasteiger partial charge in [-0.3, -0.25) is 19.4 Å². The molecule has 3 fully saturated rings. The van der Waals surface area contributed by atoms with E-state index < -0.39 is 81.1 Å². The van der Waals surface area contributed by atoms with Crippen molar-refractivity contribution in [3.63, 3.8) is 0 Å². The normalized spacial score (nSPS) is 38.0. The fraction of sp³-hybridized carbons (Fsp3) is 0.690. The highest BCUT2D eigenvalue weighted by Crippen LogP contribution is 2.43. The highest BCUT2D eigenvalue weighted by atomic mass is 127. The van der Waals surface area contributed by atoms with E-state index in [4.69, 9.17) is 28.3 Å². The van der Waals surface area contributed by atoms with E-state index in [0.29, 0.717) is 35.7 Å². The van der Waals surface area contributed by atoms with Crippen LogP contribution in [0.5, 0.6) is 0 Å². The maximum Gasteiger partial charge on any atom is 0.317 e. The molecule has 3 aliphatic rings. The second kappa shape index (κ2) is 19.7. The largest absolute Gasteiger partial charge is 0.448 e. The van der Waals surface area contributed by atoms with E-state index in [1.54, 1.807) is 38.4 Å². The van der Waals surface area contributed by atoms with Gasteiger partial charge >= 0.3 is 5.97 Å². The summed E-state index contributed by atoms with van der Waals surface area (Å²) in [6.07, 6.45) is 0.851.